The van der Waals surface area contributed by atoms with Crippen LogP contribution in [0.5, 0.6) is 0 Å². The summed E-state index contributed by atoms with van der Waals surface area (Å²) in [6.45, 7) is 16.5. The number of aromatic carboxylic acids is 1. The molecule has 2 amide bonds. The smallest absolute Gasteiger partial charge is 0.410 e. The molecule has 0 saturated carbocycles. The lowest BCUT2D eigenvalue weighted by molar-refractivity contribution is 0.0230. The van der Waals surface area contributed by atoms with Gasteiger partial charge in [-0.2, -0.15) is 0 Å². The van der Waals surface area contributed by atoms with E-state index in [0.717, 1.165) is 46.9 Å². The molecule has 3 heterocycles. The summed E-state index contributed by atoms with van der Waals surface area (Å²) < 4.78 is 10.8. The van der Waals surface area contributed by atoms with Crippen molar-refractivity contribution in [2.75, 3.05) is 62.2 Å². The van der Waals surface area contributed by atoms with Gasteiger partial charge in [-0.25, -0.2) is 19.4 Å². The minimum Gasteiger partial charge on any atom is -0.478 e. The van der Waals surface area contributed by atoms with Crippen LogP contribution in [0.2, 0.25) is 0 Å². The minimum atomic E-state index is -0.936. The zero-order chi connectivity index (χ0) is 36.1. The van der Waals surface area contributed by atoms with E-state index in [2.05, 4.69) is 39.0 Å². The molecule has 4 aromatic rings. The minimum absolute atomic E-state index is 0.233. The molecule has 0 spiro atoms. The van der Waals surface area contributed by atoms with Crippen LogP contribution in [0, 0.1) is 0 Å². The van der Waals surface area contributed by atoms with Crippen LogP contribution in [-0.2, 0) is 9.47 Å². The number of carbonyl (C=O) groups excluding carboxylic acids is 2. The molecule has 2 N–H and O–H groups in total. The number of fused-ring (bicyclic) bond motifs is 1. The van der Waals surface area contributed by atoms with E-state index in [4.69, 9.17) is 19.6 Å². The van der Waals surface area contributed by atoms with Crippen LogP contribution in [-0.4, -0.2) is 107 Å². The van der Waals surface area contributed by atoms with E-state index >= 15 is 0 Å². The molecule has 266 valence electrons. The van der Waals surface area contributed by atoms with Crippen molar-refractivity contribution >= 4 is 40.6 Å². The number of anilines is 2. The maximum Gasteiger partial charge on any atom is 0.410 e. The number of H-pyrrole nitrogens is 1. The van der Waals surface area contributed by atoms with Crippen molar-refractivity contribution in [3.63, 3.8) is 0 Å². The van der Waals surface area contributed by atoms with Crippen LogP contribution in [0.3, 0.4) is 0 Å². The number of nitrogens with one attached hydrogen (secondary N) is 1. The zero-order valence-corrected chi connectivity index (χ0v) is 29.8. The monoisotopic (exact) mass is 684 g/mol. The molecule has 2 aliphatic rings. The van der Waals surface area contributed by atoms with Gasteiger partial charge in [0.25, 0.3) is 0 Å². The maximum absolute atomic E-state index is 12.3. The van der Waals surface area contributed by atoms with Crippen LogP contribution in [0.15, 0.2) is 72.8 Å². The van der Waals surface area contributed by atoms with Crippen molar-refractivity contribution in [3.05, 3.63) is 78.4 Å². The highest BCUT2D eigenvalue weighted by molar-refractivity contribution is 5.89. The van der Waals surface area contributed by atoms with Crippen molar-refractivity contribution in [1.82, 2.24) is 19.8 Å². The van der Waals surface area contributed by atoms with Crippen molar-refractivity contribution in [3.8, 4) is 11.4 Å². The number of piperazine rings is 2. The van der Waals surface area contributed by atoms with Crippen LogP contribution in [0.4, 0.5) is 21.0 Å². The molecule has 0 bridgehead atoms. The first-order valence-electron chi connectivity index (χ1n) is 17.0. The van der Waals surface area contributed by atoms with Crippen molar-refractivity contribution < 1.29 is 29.0 Å². The highest BCUT2D eigenvalue weighted by atomic mass is 16.6. The molecule has 1 aromatic heterocycles. The number of carboxylic acids is 1. The lowest BCUT2D eigenvalue weighted by atomic mass is 10.1. The van der Waals surface area contributed by atoms with Gasteiger partial charge in [-0.3, -0.25) is 0 Å². The average Bonchev–Trinajstić information content (AvgIpc) is 3.52. The van der Waals surface area contributed by atoms with Gasteiger partial charge in [0.2, 0.25) is 0 Å². The first-order valence-corrected chi connectivity index (χ1v) is 17.0. The Labute approximate surface area is 293 Å². The Morgan fingerprint density at radius 3 is 1.66 bits per heavy atom. The number of hydrogen-bond acceptors (Lipinski definition) is 8. The predicted octanol–water partition coefficient (Wildman–Crippen LogP) is 6.73. The molecule has 6 rings (SSSR count). The number of benzene rings is 3. The fourth-order valence-corrected chi connectivity index (χ4v) is 5.72. The molecule has 12 heteroatoms. The molecular weight excluding hydrogens is 636 g/mol. The first kappa shape index (κ1) is 36.0. The Hall–Kier alpha value is -5.26. The van der Waals surface area contributed by atoms with Crippen LogP contribution < -0.4 is 9.80 Å². The highest BCUT2D eigenvalue weighted by Crippen LogP contribution is 2.26. The van der Waals surface area contributed by atoms with E-state index < -0.39 is 17.2 Å². The van der Waals surface area contributed by atoms with E-state index in [1.807, 2.05) is 71.9 Å². The lowest BCUT2D eigenvalue weighted by Gasteiger charge is -2.36. The summed E-state index contributed by atoms with van der Waals surface area (Å²) in [4.78, 5) is 51.2. The number of imidazole rings is 1. The summed E-state index contributed by atoms with van der Waals surface area (Å²) in [6, 6.07) is 23.3. The molecule has 2 fully saturated rings. The average molecular weight is 685 g/mol. The van der Waals surface area contributed by atoms with Gasteiger partial charge in [0, 0.05) is 69.3 Å². The van der Waals surface area contributed by atoms with Crippen LogP contribution in [0.1, 0.15) is 51.9 Å². The Balaban J connectivity index is 0.000000201. The third-order valence-corrected chi connectivity index (χ3v) is 8.20. The largest absolute Gasteiger partial charge is 0.478 e. The molecule has 2 aliphatic heterocycles. The summed E-state index contributed by atoms with van der Waals surface area (Å²) in [7, 11) is 0. The second-order valence-corrected chi connectivity index (χ2v) is 14.4. The quantitative estimate of drug-likeness (QED) is 0.240. The molecule has 2 saturated heterocycles. The molecule has 0 aliphatic carbocycles. The summed E-state index contributed by atoms with van der Waals surface area (Å²) in [5.41, 5.74) is 4.38. The van der Waals surface area contributed by atoms with Gasteiger partial charge in [-0.15, -0.1) is 0 Å². The second-order valence-electron chi connectivity index (χ2n) is 14.4. The predicted molar refractivity (Wildman–Crippen MR) is 195 cm³/mol. The van der Waals surface area contributed by atoms with E-state index in [-0.39, 0.29) is 17.7 Å². The SMILES string of the molecule is CC(C)(C)OC(=O)N1CCN(c2cccc(-c3nc4ccccc4[nH]3)c2)CC1.CC(C)(C)OC(=O)N1CCN(c2cccc(C(=O)O)c2)CC1. The molecular formula is C38H48N6O6. The fraction of sp³-hybridized carbons (Fsp3) is 0.421. The summed E-state index contributed by atoms with van der Waals surface area (Å²) in [5.74, 6) is -0.0651. The summed E-state index contributed by atoms with van der Waals surface area (Å²) in [5, 5.41) is 9.04. The number of carboxylic acid groups (broad SMARTS) is 1. The van der Waals surface area contributed by atoms with Gasteiger partial charge < -0.3 is 39.2 Å². The standard InChI is InChI=1S/C22H26N4O2.C16H22N2O4/c1-22(2,3)28-21(27)26-13-11-25(12-14-26)17-8-6-7-16(15-17)20-23-18-9-4-5-10-19(18)24-20;1-16(2,3)22-15(21)18-9-7-17(8-10-18)13-6-4-5-12(11-13)14(19)20/h4-10,15H,11-14H2,1-3H3,(H,23,24);4-6,11H,7-10H2,1-3H3,(H,19,20). The topological polar surface area (TPSA) is 132 Å². The normalized spacial score (nSPS) is 15.3. The third-order valence-electron chi connectivity index (χ3n) is 8.20. The molecule has 50 heavy (non-hydrogen) atoms. The molecule has 12 nitrogen and oxygen atoms in total. The van der Waals surface area contributed by atoms with Gasteiger partial charge in [-0.05, 0) is 84.0 Å². The van der Waals surface area contributed by atoms with Crippen molar-refractivity contribution in [2.45, 2.75) is 52.7 Å². The molecule has 0 radical (unpaired) electrons. The van der Waals surface area contributed by atoms with Gasteiger partial charge in [0.15, 0.2) is 0 Å². The number of para-hydroxylation sites is 2. The number of amides is 2. The number of ether oxygens (including phenoxy) is 2. The van der Waals surface area contributed by atoms with E-state index in [1.165, 1.54) is 0 Å². The summed E-state index contributed by atoms with van der Waals surface area (Å²) >= 11 is 0. The Morgan fingerprint density at radius 1 is 0.660 bits per heavy atom. The number of nitrogens with zero attached hydrogens (tertiary/aromatic N) is 5. The molecule has 0 atom stereocenters. The van der Waals surface area contributed by atoms with Crippen LogP contribution in [0.25, 0.3) is 22.4 Å². The Morgan fingerprint density at radius 2 is 1.16 bits per heavy atom. The van der Waals surface area contributed by atoms with Gasteiger partial charge in [0.05, 0.1) is 16.6 Å². The van der Waals surface area contributed by atoms with E-state index in [1.54, 1.807) is 28.0 Å². The van der Waals surface area contributed by atoms with E-state index in [0.29, 0.717) is 39.3 Å². The number of rotatable bonds is 4. The first-order chi connectivity index (χ1) is 23.6. The van der Waals surface area contributed by atoms with Crippen molar-refractivity contribution in [2.24, 2.45) is 0 Å². The number of hydrogen-bond donors (Lipinski definition) is 2. The number of aromatic amines is 1. The highest BCUT2D eigenvalue weighted by Gasteiger charge is 2.27. The molecule has 0 unspecified atom stereocenters. The second kappa shape index (κ2) is 15.1. The molecule has 3 aromatic carbocycles. The summed E-state index contributed by atoms with van der Waals surface area (Å²) in [6.07, 6.45) is -0.533. The van der Waals surface area contributed by atoms with Gasteiger partial charge in [0.1, 0.15) is 17.0 Å². The number of carbonyl (C=O) groups is 3. The third kappa shape index (κ3) is 9.67. The fourth-order valence-electron chi connectivity index (χ4n) is 5.72. The Bertz CT molecular complexity index is 1760. The maximum atomic E-state index is 12.3. The van der Waals surface area contributed by atoms with Crippen molar-refractivity contribution in [1.29, 1.82) is 0 Å². The lowest BCUT2D eigenvalue weighted by Crippen LogP contribution is -2.50. The van der Waals surface area contributed by atoms with Gasteiger partial charge >= 0.3 is 18.2 Å². The van der Waals surface area contributed by atoms with Gasteiger partial charge in [-0.1, -0.05) is 30.3 Å². The van der Waals surface area contributed by atoms with E-state index in [9.17, 15) is 14.4 Å². The van der Waals surface area contributed by atoms with Crippen LogP contribution >= 0.6 is 0 Å². The number of aromatic nitrogens is 2. The Kier molecular flexibility index (Phi) is 10.9. The zero-order valence-electron chi connectivity index (χ0n) is 29.8.